The van der Waals surface area contributed by atoms with Crippen LogP contribution in [-0.2, 0) is 0 Å². The first kappa shape index (κ1) is 10.8. The van der Waals surface area contributed by atoms with Gasteiger partial charge in [0.1, 0.15) is 0 Å². The van der Waals surface area contributed by atoms with Gasteiger partial charge in [-0.1, -0.05) is 50.1 Å². The van der Waals surface area contributed by atoms with Crippen molar-refractivity contribution in [3.63, 3.8) is 0 Å². The van der Waals surface area contributed by atoms with Crippen LogP contribution in [0.1, 0.15) is 39.5 Å². The van der Waals surface area contributed by atoms with Gasteiger partial charge in [0.25, 0.3) is 0 Å². The van der Waals surface area contributed by atoms with E-state index in [0.29, 0.717) is 0 Å². The zero-order valence-electron chi connectivity index (χ0n) is 7.49. The molecule has 0 aromatic rings. The second kappa shape index (κ2) is 6.48. The lowest BCUT2D eigenvalue weighted by Crippen LogP contribution is -1.84. The fraction of sp³-hybridized carbons (Fsp3) is 0.600. The van der Waals surface area contributed by atoms with Crippen LogP contribution >= 0.6 is 11.6 Å². The number of unbranched alkanes of at least 4 members (excludes halogenated alkanes) is 1. The predicted molar refractivity (Wildman–Crippen MR) is 52.9 cm³/mol. The van der Waals surface area contributed by atoms with E-state index in [1.807, 2.05) is 0 Å². The topological polar surface area (TPSA) is 0 Å². The van der Waals surface area contributed by atoms with Gasteiger partial charge in [-0.2, -0.15) is 0 Å². The van der Waals surface area contributed by atoms with Gasteiger partial charge in [0.2, 0.25) is 0 Å². The molecule has 0 saturated carbocycles. The third kappa shape index (κ3) is 4.26. The van der Waals surface area contributed by atoms with Gasteiger partial charge < -0.3 is 0 Å². The second-order valence-corrected chi connectivity index (χ2v) is 3.02. The summed E-state index contributed by atoms with van der Waals surface area (Å²) in [6.45, 7) is 7.97. The van der Waals surface area contributed by atoms with Gasteiger partial charge in [-0.15, -0.1) is 0 Å². The third-order valence-corrected chi connectivity index (χ3v) is 2.20. The summed E-state index contributed by atoms with van der Waals surface area (Å²) in [5, 5.41) is 0.848. The first-order valence-corrected chi connectivity index (χ1v) is 4.64. The van der Waals surface area contributed by atoms with Crippen LogP contribution in [0.15, 0.2) is 23.3 Å². The van der Waals surface area contributed by atoms with E-state index >= 15 is 0 Å². The molecular weight excluding hydrogens is 156 g/mol. The second-order valence-electron chi connectivity index (χ2n) is 2.61. The minimum absolute atomic E-state index is 0.848. The highest BCUT2D eigenvalue weighted by Gasteiger charge is 1.97. The van der Waals surface area contributed by atoms with Crippen molar-refractivity contribution < 1.29 is 0 Å². The highest BCUT2D eigenvalue weighted by molar-refractivity contribution is 6.31. The Bertz CT molecular complexity index is 145. The van der Waals surface area contributed by atoms with E-state index in [1.165, 1.54) is 18.4 Å². The van der Waals surface area contributed by atoms with Gasteiger partial charge in [0.05, 0.1) is 0 Å². The molecule has 0 nitrogen and oxygen atoms in total. The minimum atomic E-state index is 0.848. The number of allylic oxidation sites excluding steroid dienone is 3. The molecule has 0 spiro atoms. The molecule has 0 atom stereocenters. The Hall–Kier alpha value is -0.230. The van der Waals surface area contributed by atoms with Crippen LogP contribution in [0.3, 0.4) is 0 Å². The van der Waals surface area contributed by atoms with Gasteiger partial charge in [-0.3, -0.25) is 0 Å². The van der Waals surface area contributed by atoms with E-state index in [9.17, 15) is 0 Å². The molecule has 0 radical (unpaired) electrons. The quantitative estimate of drug-likeness (QED) is 0.544. The van der Waals surface area contributed by atoms with Crippen molar-refractivity contribution in [2.75, 3.05) is 0 Å². The van der Waals surface area contributed by atoms with Crippen molar-refractivity contribution in [3.8, 4) is 0 Å². The van der Waals surface area contributed by atoms with Crippen LogP contribution < -0.4 is 0 Å². The molecule has 0 heterocycles. The zero-order chi connectivity index (χ0) is 8.69. The van der Waals surface area contributed by atoms with Crippen molar-refractivity contribution in [1.29, 1.82) is 0 Å². The Balaban J connectivity index is 4.03. The fourth-order valence-electron chi connectivity index (χ4n) is 1.000. The Kier molecular flexibility index (Phi) is 6.34. The molecule has 64 valence electrons. The van der Waals surface area contributed by atoms with Gasteiger partial charge in [0, 0.05) is 5.03 Å². The first-order valence-electron chi connectivity index (χ1n) is 4.26. The Morgan fingerprint density at radius 2 is 2.09 bits per heavy atom. The van der Waals surface area contributed by atoms with E-state index in [0.717, 1.165) is 17.9 Å². The molecule has 0 N–H and O–H groups in total. The number of rotatable bonds is 5. The molecule has 0 aliphatic rings. The van der Waals surface area contributed by atoms with Crippen molar-refractivity contribution in [2.24, 2.45) is 0 Å². The van der Waals surface area contributed by atoms with Crippen molar-refractivity contribution >= 4 is 11.6 Å². The van der Waals surface area contributed by atoms with Gasteiger partial charge in [-0.05, 0) is 19.3 Å². The number of halogens is 1. The molecule has 0 aliphatic carbocycles. The molecule has 11 heavy (non-hydrogen) atoms. The standard InChI is InChI=1S/C10H17Cl/c1-4-7-8-9(5-2)10(11)6-3/h6H,3-5,7-8H2,1-2H3/b10-9+. The summed E-state index contributed by atoms with van der Waals surface area (Å²) in [5.74, 6) is 0. The number of hydrogen-bond donors (Lipinski definition) is 0. The van der Waals surface area contributed by atoms with Crippen LogP contribution in [-0.4, -0.2) is 0 Å². The van der Waals surface area contributed by atoms with E-state index < -0.39 is 0 Å². The Morgan fingerprint density at radius 3 is 2.45 bits per heavy atom. The monoisotopic (exact) mass is 172 g/mol. The fourth-order valence-corrected chi connectivity index (χ4v) is 1.23. The maximum atomic E-state index is 5.93. The average Bonchev–Trinajstić information content (AvgIpc) is 2.05. The van der Waals surface area contributed by atoms with E-state index in [4.69, 9.17) is 11.6 Å². The Labute approximate surface area is 74.9 Å². The lowest BCUT2D eigenvalue weighted by Gasteiger charge is -2.03. The maximum absolute atomic E-state index is 5.93. The van der Waals surface area contributed by atoms with Crippen LogP contribution in [0.25, 0.3) is 0 Å². The highest BCUT2D eigenvalue weighted by Crippen LogP contribution is 2.19. The van der Waals surface area contributed by atoms with E-state index in [2.05, 4.69) is 20.4 Å². The third-order valence-electron chi connectivity index (χ3n) is 1.78. The van der Waals surface area contributed by atoms with Crippen molar-refractivity contribution in [3.05, 3.63) is 23.3 Å². The minimum Gasteiger partial charge on any atom is -0.0976 e. The summed E-state index contributed by atoms with van der Waals surface area (Å²) in [7, 11) is 0. The molecule has 0 aromatic heterocycles. The smallest absolute Gasteiger partial charge is 0.0392 e. The molecule has 0 rings (SSSR count). The normalized spacial score (nSPS) is 12.6. The summed E-state index contributed by atoms with van der Waals surface area (Å²) in [4.78, 5) is 0. The molecule has 1 heteroatoms. The van der Waals surface area contributed by atoms with Crippen LogP contribution in [0.4, 0.5) is 0 Å². The van der Waals surface area contributed by atoms with Gasteiger partial charge >= 0.3 is 0 Å². The molecule has 0 unspecified atom stereocenters. The highest BCUT2D eigenvalue weighted by atomic mass is 35.5. The molecule has 0 amide bonds. The Morgan fingerprint density at radius 1 is 1.45 bits per heavy atom. The van der Waals surface area contributed by atoms with E-state index in [1.54, 1.807) is 6.08 Å². The van der Waals surface area contributed by atoms with E-state index in [-0.39, 0.29) is 0 Å². The lowest BCUT2D eigenvalue weighted by atomic mass is 10.1. The summed E-state index contributed by atoms with van der Waals surface area (Å²) < 4.78 is 0. The van der Waals surface area contributed by atoms with Gasteiger partial charge in [-0.25, -0.2) is 0 Å². The molecule has 0 saturated heterocycles. The summed E-state index contributed by atoms with van der Waals surface area (Å²) >= 11 is 5.93. The molecule has 0 bridgehead atoms. The first-order chi connectivity index (χ1) is 5.26. The van der Waals surface area contributed by atoms with Crippen LogP contribution in [0.2, 0.25) is 0 Å². The number of hydrogen-bond acceptors (Lipinski definition) is 0. The van der Waals surface area contributed by atoms with Crippen LogP contribution in [0, 0.1) is 0 Å². The lowest BCUT2D eigenvalue weighted by molar-refractivity contribution is 0.765. The van der Waals surface area contributed by atoms with Crippen molar-refractivity contribution in [2.45, 2.75) is 39.5 Å². The maximum Gasteiger partial charge on any atom is 0.0392 e. The largest absolute Gasteiger partial charge is 0.0976 e. The van der Waals surface area contributed by atoms with Crippen molar-refractivity contribution in [1.82, 2.24) is 0 Å². The summed E-state index contributed by atoms with van der Waals surface area (Å²) in [5.41, 5.74) is 1.34. The molecule has 0 aromatic carbocycles. The SMILES string of the molecule is C=C/C(Cl)=C(/CC)CCCC. The average molecular weight is 173 g/mol. The molecule has 0 aliphatic heterocycles. The predicted octanol–water partition coefficient (Wildman–Crippen LogP) is 4.27. The molecular formula is C10H17Cl. The summed E-state index contributed by atoms with van der Waals surface area (Å²) in [6, 6.07) is 0. The summed E-state index contributed by atoms with van der Waals surface area (Å²) in [6.07, 6.45) is 6.36. The molecule has 0 fully saturated rings. The van der Waals surface area contributed by atoms with Crippen LogP contribution in [0.5, 0.6) is 0 Å². The van der Waals surface area contributed by atoms with Gasteiger partial charge in [0.15, 0.2) is 0 Å². The zero-order valence-corrected chi connectivity index (χ0v) is 8.25.